The highest BCUT2D eigenvalue weighted by Crippen LogP contribution is 2.28. The molecule has 3 N–H and O–H groups in total. The minimum Gasteiger partial charge on any atom is -0.464 e. The van der Waals surface area contributed by atoms with Gasteiger partial charge in [0.1, 0.15) is 0 Å². The average molecular weight is 294 g/mol. The molecule has 21 heavy (non-hydrogen) atoms. The molecule has 7 heteroatoms. The van der Waals surface area contributed by atoms with Gasteiger partial charge in [0, 0.05) is 12.6 Å². The van der Waals surface area contributed by atoms with Gasteiger partial charge in [-0.3, -0.25) is 5.43 Å². The number of nitrogens with two attached hydrogens (primary N) is 1. The molecular formula is C14H26N6O. The summed E-state index contributed by atoms with van der Waals surface area (Å²) in [7, 11) is 0. The average Bonchev–Trinajstić information content (AvgIpc) is 2.98. The topological polar surface area (TPSA) is 89.2 Å². The maximum atomic E-state index is 5.46. The second-order valence-electron chi connectivity index (χ2n) is 5.80. The Balaban J connectivity index is 2.30. The van der Waals surface area contributed by atoms with Gasteiger partial charge in [-0.2, -0.15) is 15.0 Å². The third-order valence-corrected chi connectivity index (χ3v) is 3.59. The van der Waals surface area contributed by atoms with Crippen molar-refractivity contribution in [1.29, 1.82) is 0 Å². The molecule has 0 aliphatic heterocycles. The van der Waals surface area contributed by atoms with Crippen molar-refractivity contribution < 1.29 is 4.74 Å². The number of rotatable bonds is 7. The molecule has 0 bridgehead atoms. The highest BCUT2D eigenvalue weighted by molar-refractivity contribution is 5.39. The van der Waals surface area contributed by atoms with E-state index in [0.29, 0.717) is 36.5 Å². The quantitative estimate of drug-likeness (QED) is 0.587. The molecule has 1 aliphatic carbocycles. The van der Waals surface area contributed by atoms with Crippen molar-refractivity contribution in [2.75, 3.05) is 23.5 Å². The molecule has 1 aromatic heterocycles. The largest absolute Gasteiger partial charge is 0.464 e. The highest BCUT2D eigenvalue weighted by Gasteiger charge is 2.26. The number of anilines is 2. The van der Waals surface area contributed by atoms with Crippen LogP contribution >= 0.6 is 0 Å². The molecule has 1 aliphatic rings. The fourth-order valence-corrected chi connectivity index (χ4v) is 2.74. The number of hydrogen-bond donors (Lipinski definition) is 2. The van der Waals surface area contributed by atoms with Crippen molar-refractivity contribution in [2.45, 2.75) is 52.5 Å². The molecule has 7 nitrogen and oxygen atoms in total. The SMILES string of the molecule is CCOc1nc(NN)nc(N(CC(C)C)C2CCCC2)n1. The number of nitrogens with zero attached hydrogens (tertiary/aromatic N) is 4. The van der Waals surface area contributed by atoms with Crippen LogP contribution in [0, 0.1) is 5.92 Å². The second-order valence-corrected chi connectivity index (χ2v) is 5.80. The number of hydrazine groups is 1. The lowest BCUT2D eigenvalue weighted by atomic mass is 10.1. The van der Waals surface area contributed by atoms with Crippen molar-refractivity contribution >= 4 is 11.9 Å². The van der Waals surface area contributed by atoms with E-state index in [1.54, 1.807) is 0 Å². The van der Waals surface area contributed by atoms with E-state index in [0.717, 1.165) is 6.54 Å². The van der Waals surface area contributed by atoms with E-state index in [1.807, 2.05) is 6.92 Å². The molecule has 0 atom stereocenters. The normalized spacial score (nSPS) is 15.5. The Morgan fingerprint density at radius 1 is 1.29 bits per heavy atom. The maximum Gasteiger partial charge on any atom is 0.323 e. The lowest BCUT2D eigenvalue weighted by Gasteiger charge is -2.30. The van der Waals surface area contributed by atoms with Crippen molar-refractivity contribution in [3.63, 3.8) is 0 Å². The van der Waals surface area contributed by atoms with Crippen LogP contribution in [0.5, 0.6) is 6.01 Å². The molecule has 0 radical (unpaired) electrons. The van der Waals surface area contributed by atoms with E-state index < -0.39 is 0 Å². The third-order valence-electron chi connectivity index (χ3n) is 3.59. The van der Waals surface area contributed by atoms with E-state index in [2.05, 4.69) is 39.1 Å². The molecule has 2 rings (SSSR count). The summed E-state index contributed by atoms with van der Waals surface area (Å²) < 4.78 is 5.42. The molecular weight excluding hydrogens is 268 g/mol. The van der Waals surface area contributed by atoms with E-state index >= 15 is 0 Å². The van der Waals surface area contributed by atoms with Gasteiger partial charge in [-0.05, 0) is 25.7 Å². The van der Waals surface area contributed by atoms with Crippen LogP contribution in [0.15, 0.2) is 0 Å². The number of ether oxygens (including phenoxy) is 1. The van der Waals surface area contributed by atoms with Crippen molar-refractivity contribution in [3.05, 3.63) is 0 Å². The van der Waals surface area contributed by atoms with E-state index in [4.69, 9.17) is 10.6 Å². The Morgan fingerprint density at radius 3 is 2.57 bits per heavy atom. The zero-order valence-electron chi connectivity index (χ0n) is 13.2. The first-order valence-corrected chi connectivity index (χ1v) is 7.76. The summed E-state index contributed by atoms with van der Waals surface area (Å²) in [5, 5.41) is 0. The standard InChI is InChI=1S/C14H26N6O/c1-4-21-14-17-12(19-15)16-13(18-14)20(9-10(2)3)11-7-5-6-8-11/h10-11H,4-9,15H2,1-3H3,(H,16,17,18,19). The summed E-state index contributed by atoms with van der Waals surface area (Å²) in [6.45, 7) is 7.75. The number of hydrogen-bond acceptors (Lipinski definition) is 7. The van der Waals surface area contributed by atoms with E-state index in [-0.39, 0.29) is 0 Å². The van der Waals surface area contributed by atoms with Crippen LogP contribution in [-0.2, 0) is 0 Å². The van der Waals surface area contributed by atoms with Crippen LogP contribution in [0.25, 0.3) is 0 Å². The third kappa shape index (κ3) is 4.17. The monoisotopic (exact) mass is 294 g/mol. The first-order valence-electron chi connectivity index (χ1n) is 7.76. The van der Waals surface area contributed by atoms with Crippen LogP contribution < -0.4 is 20.9 Å². The summed E-state index contributed by atoms with van der Waals surface area (Å²) in [6, 6.07) is 0.817. The molecule has 0 saturated heterocycles. The van der Waals surface area contributed by atoms with Gasteiger partial charge in [-0.1, -0.05) is 26.7 Å². The highest BCUT2D eigenvalue weighted by atomic mass is 16.5. The molecule has 0 aromatic carbocycles. The lowest BCUT2D eigenvalue weighted by Crippen LogP contribution is -2.38. The Labute approximate surface area is 126 Å². The second kappa shape index (κ2) is 7.40. The lowest BCUT2D eigenvalue weighted by molar-refractivity contribution is 0.311. The number of nitrogens with one attached hydrogen (secondary N) is 1. The van der Waals surface area contributed by atoms with Crippen LogP contribution in [0.1, 0.15) is 46.5 Å². The van der Waals surface area contributed by atoms with Gasteiger partial charge in [0.05, 0.1) is 6.61 Å². The summed E-state index contributed by atoms with van der Waals surface area (Å²) in [6.07, 6.45) is 4.91. The van der Waals surface area contributed by atoms with E-state index in [1.165, 1.54) is 25.7 Å². The molecule has 0 spiro atoms. The van der Waals surface area contributed by atoms with E-state index in [9.17, 15) is 0 Å². The summed E-state index contributed by atoms with van der Waals surface area (Å²) >= 11 is 0. The first-order chi connectivity index (χ1) is 10.1. The fourth-order valence-electron chi connectivity index (χ4n) is 2.74. The van der Waals surface area contributed by atoms with Crippen molar-refractivity contribution in [2.24, 2.45) is 11.8 Å². The number of nitrogen functional groups attached to an aromatic ring is 1. The summed E-state index contributed by atoms with van der Waals surface area (Å²) in [5.74, 6) is 6.99. The predicted octanol–water partition coefficient (Wildman–Crippen LogP) is 1.96. The molecule has 1 fully saturated rings. The minimum atomic E-state index is 0.321. The Bertz CT molecular complexity index is 447. The van der Waals surface area contributed by atoms with Crippen molar-refractivity contribution in [3.8, 4) is 6.01 Å². The predicted molar refractivity (Wildman–Crippen MR) is 83.2 cm³/mol. The van der Waals surface area contributed by atoms with Gasteiger partial charge < -0.3 is 9.64 Å². The molecule has 118 valence electrons. The van der Waals surface area contributed by atoms with Crippen LogP contribution in [0.3, 0.4) is 0 Å². The van der Waals surface area contributed by atoms with Crippen LogP contribution in [0.4, 0.5) is 11.9 Å². The molecule has 0 unspecified atom stereocenters. The Morgan fingerprint density at radius 2 is 2.00 bits per heavy atom. The Hall–Kier alpha value is -1.63. The van der Waals surface area contributed by atoms with Crippen LogP contribution in [-0.4, -0.2) is 34.1 Å². The van der Waals surface area contributed by atoms with Crippen molar-refractivity contribution in [1.82, 2.24) is 15.0 Å². The summed E-state index contributed by atoms with van der Waals surface area (Å²) in [5.41, 5.74) is 2.50. The maximum absolute atomic E-state index is 5.46. The zero-order valence-corrected chi connectivity index (χ0v) is 13.2. The first kappa shape index (κ1) is 15.8. The van der Waals surface area contributed by atoms with Gasteiger partial charge in [0.15, 0.2) is 0 Å². The smallest absolute Gasteiger partial charge is 0.323 e. The van der Waals surface area contributed by atoms with Gasteiger partial charge in [0.2, 0.25) is 11.9 Å². The van der Waals surface area contributed by atoms with Gasteiger partial charge in [-0.25, -0.2) is 5.84 Å². The fraction of sp³-hybridized carbons (Fsp3) is 0.786. The van der Waals surface area contributed by atoms with Gasteiger partial charge >= 0.3 is 6.01 Å². The molecule has 1 saturated carbocycles. The van der Waals surface area contributed by atoms with Gasteiger partial charge in [-0.15, -0.1) is 0 Å². The minimum absolute atomic E-state index is 0.321. The number of aromatic nitrogens is 3. The Kier molecular flexibility index (Phi) is 5.55. The van der Waals surface area contributed by atoms with Gasteiger partial charge in [0.25, 0.3) is 0 Å². The summed E-state index contributed by atoms with van der Waals surface area (Å²) in [4.78, 5) is 15.3. The molecule has 0 amide bonds. The molecule has 1 heterocycles. The van der Waals surface area contributed by atoms with Crippen LogP contribution in [0.2, 0.25) is 0 Å². The zero-order chi connectivity index (χ0) is 15.2. The molecule has 1 aromatic rings.